The highest BCUT2D eigenvalue weighted by molar-refractivity contribution is 7.89. The van der Waals surface area contributed by atoms with Crippen molar-refractivity contribution in [1.82, 2.24) is 15.2 Å². The molecule has 8 heteroatoms. The number of fused-ring (bicyclic) bond motifs is 1. The molecule has 2 N–H and O–H groups in total. The Labute approximate surface area is 193 Å². The van der Waals surface area contributed by atoms with Crippen LogP contribution in [0, 0.1) is 12.8 Å². The third-order valence-corrected chi connectivity index (χ3v) is 7.95. The average molecular weight is 466 g/mol. The molecule has 0 saturated carbocycles. The molecule has 33 heavy (non-hydrogen) atoms. The van der Waals surface area contributed by atoms with Gasteiger partial charge in [-0.1, -0.05) is 60.2 Å². The average Bonchev–Trinajstić information content (AvgIpc) is 2.83. The van der Waals surface area contributed by atoms with Crippen LogP contribution in [0.2, 0.25) is 0 Å². The molecule has 0 atom stereocenters. The number of benzene rings is 3. The number of amides is 2. The second-order valence-corrected chi connectivity index (χ2v) is 10.3. The number of nitrogens with zero attached hydrogens (tertiary/aromatic N) is 1. The van der Waals surface area contributed by atoms with Crippen molar-refractivity contribution in [1.29, 1.82) is 0 Å². The molecular weight excluding hydrogens is 438 g/mol. The molecule has 1 saturated heterocycles. The number of sulfonamides is 1. The Balaban J connectivity index is 1.28. The highest BCUT2D eigenvalue weighted by atomic mass is 32.2. The molecule has 0 radical (unpaired) electrons. The van der Waals surface area contributed by atoms with Crippen LogP contribution in [0.5, 0.6) is 0 Å². The fraction of sp³-hybridized carbons (Fsp3) is 0.280. The first-order chi connectivity index (χ1) is 15.8. The van der Waals surface area contributed by atoms with E-state index in [-0.39, 0.29) is 42.1 Å². The van der Waals surface area contributed by atoms with Crippen molar-refractivity contribution in [3.05, 3.63) is 77.9 Å². The predicted octanol–water partition coefficient (Wildman–Crippen LogP) is 2.94. The molecule has 4 rings (SSSR count). The summed E-state index contributed by atoms with van der Waals surface area (Å²) >= 11 is 0. The summed E-state index contributed by atoms with van der Waals surface area (Å²) in [5.41, 5.74) is 6.88. The van der Waals surface area contributed by atoms with Gasteiger partial charge in [-0.15, -0.1) is 0 Å². The van der Waals surface area contributed by atoms with E-state index in [9.17, 15) is 18.0 Å². The number of aryl methyl sites for hydroxylation is 1. The molecule has 1 heterocycles. The van der Waals surface area contributed by atoms with Crippen molar-refractivity contribution in [2.45, 2.75) is 31.1 Å². The van der Waals surface area contributed by atoms with E-state index in [0.717, 1.165) is 21.9 Å². The molecule has 1 aliphatic heterocycles. The van der Waals surface area contributed by atoms with Crippen LogP contribution in [-0.2, 0) is 26.0 Å². The Bertz CT molecular complexity index is 1260. The number of hydrogen-bond acceptors (Lipinski definition) is 4. The molecule has 3 aromatic carbocycles. The quantitative estimate of drug-likeness (QED) is 0.567. The van der Waals surface area contributed by atoms with Gasteiger partial charge in [0, 0.05) is 19.0 Å². The molecule has 7 nitrogen and oxygen atoms in total. The van der Waals surface area contributed by atoms with Crippen molar-refractivity contribution in [3.63, 3.8) is 0 Å². The van der Waals surface area contributed by atoms with Crippen LogP contribution in [-0.4, -0.2) is 37.6 Å². The van der Waals surface area contributed by atoms with Gasteiger partial charge in [0.25, 0.3) is 0 Å². The molecule has 172 valence electrons. The van der Waals surface area contributed by atoms with E-state index in [0.29, 0.717) is 12.8 Å². The van der Waals surface area contributed by atoms with E-state index in [1.54, 1.807) is 24.3 Å². The molecule has 1 aliphatic rings. The first-order valence-electron chi connectivity index (χ1n) is 11.0. The summed E-state index contributed by atoms with van der Waals surface area (Å²) in [5.74, 6) is -0.958. The van der Waals surface area contributed by atoms with E-state index in [1.165, 1.54) is 4.31 Å². The first-order valence-corrected chi connectivity index (χ1v) is 12.4. The minimum Gasteiger partial charge on any atom is -0.273 e. The Morgan fingerprint density at radius 2 is 1.58 bits per heavy atom. The number of rotatable bonds is 5. The van der Waals surface area contributed by atoms with Crippen molar-refractivity contribution >= 4 is 32.6 Å². The summed E-state index contributed by atoms with van der Waals surface area (Å²) in [6.07, 6.45) is 0.946. The monoisotopic (exact) mass is 465 g/mol. The van der Waals surface area contributed by atoms with Gasteiger partial charge < -0.3 is 0 Å². The smallest absolute Gasteiger partial charge is 0.243 e. The third-order valence-electron chi connectivity index (χ3n) is 6.04. The molecule has 1 fully saturated rings. The van der Waals surface area contributed by atoms with E-state index in [4.69, 9.17) is 0 Å². The number of hydrogen-bond donors (Lipinski definition) is 2. The molecule has 0 aromatic heterocycles. The molecule has 0 aliphatic carbocycles. The Morgan fingerprint density at radius 1 is 0.909 bits per heavy atom. The number of nitrogens with one attached hydrogen (secondary N) is 2. The lowest BCUT2D eigenvalue weighted by molar-refractivity contribution is -0.131. The van der Waals surface area contributed by atoms with Crippen LogP contribution in [0.3, 0.4) is 0 Å². The zero-order valence-corrected chi connectivity index (χ0v) is 19.3. The number of piperidine rings is 1. The third kappa shape index (κ3) is 5.23. The van der Waals surface area contributed by atoms with E-state index in [2.05, 4.69) is 10.9 Å². The molecule has 0 unspecified atom stereocenters. The van der Waals surface area contributed by atoms with Gasteiger partial charge in [0.05, 0.1) is 11.3 Å². The summed E-state index contributed by atoms with van der Waals surface area (Å²) in [6.45, 7) is 2.43. The van der Waals surface area contributed by atoms with Crippen molar-refractivity contribution < 1.29 is 18.0 Å². The van der Waals surface area contributed by atoms with Crippen LogP contribution in [0.25, 0.3) is 10.8 Å². The summed E-state index contributed by atoms with van der Waals surface area (Å²) in [4.78, 5) is 25.2. The lowest BCUT2D eigenvalue weighted by Gasteiger charge is -2.30. The van der Waals surface area contributed by atoms with Gasteiger partial charge in [-0.3, -0.25) is 20.4 Å². The largest absolute Gasteiger partial charge is 0.273 e. The molecule has 0 bridgehead atoms. The van der Waals surface area contributed by atoms with Crippen LogP contribution < -0.4 is 10.9 Å². The molecular formula is C25H27N3O4S. The maximum atomic E-state index is 12.8. The second kappa shape index (κ2) is 9.72. The molecule has 2 amide bonds. The number of carbonyl (C=O) groups excluding carboxylic acids is 2. The summed E-state index contributed by atoms with van der Waals surface area (Å²) in [5, 5.41) is 2.06. The normalized spacial score (nSPS) is 15.3. The Hall–Kier alpha value is -3.23. The van der Waals surface area contributed by atoms with Crippen LogP contribution >= 0.6 is 0 Å². The molecule has 3 aromatic rings. The lowest BCUT2D eigenvalue weighted by atomic mass is 9.97. The van der Waals surface area contributed by atoms with Crippen molar-refractivity contribution in [2.24, 2.45) is 5.92 Å². The predicted molar refractivity (Wildman–Crippen MR) is 127 cm³/mol. The second-order valence-electron chi connectivity index (χ2n) is 8.34. The fourth-order valence-electron chi connectivity index (χ4n) is 4.11. The van der Waals surface area contributed by atoms with Gasteiger partial charge in [-0.25, -0.2) is 8.42 Å². The standard InChI is InChI=1S/C25H27N3O4S/c1-18-9-11-22(12-10-18)33(31,32)28-15-13-20(14-16-28)25(30)27-26-24(29)17-21-7-4-6-19-5-2-3-8-23(19)21/h2-12,20H,13-17H2,1H3,(H,26,29)(H,27,30). The Kier molecular flexibility index (Phi) is 6.76. The Morgan fingerprint density at radius 3 is 2.30 bits per heavy atom. The highest BCUT2D eigenvalue weighted by Gasteiger charge is 2.32. The van der Waals surface area contributed by atoms with E-state index in [1.807, 2.05) is 49.4 Å². The van der Waals surface area contributed by atoms with Gasteiger partial charge >= 0.3 is 0 Å². The van der Waals surface area contributed by atoms with Gasteiger partial charge in [-0.05, 0) is 48.2 Å². The highest BCUT2D eigenvalue weighted by Crippen LogP contribution is 2.24. The zero-order chi connectivity index (χ0) is 23.4. The van der Waals surface area contributed by atoms with Gasteiger partial charge in [-0.2, -0.15) is 4.31 Å². The van der Waals surface area contributed by atoms with Gasteiger partial charge in [0.2, 0.25) is 21.8 Å². The van der Waals surface area contributed by atoms with Crippen molar-refractivity contribution in [3.8, 4) is 0 Å². The zero-order valence-electron chi connectivity index (χ0n) is 18.5. The SMILES string of the molecule is Cc1ccc(S(=O)(=O)N2CCC(C(=O)NNC(=O)Cc3cccc4ccccc34)CC2)cc1. The van der Waals surface area contributed by atoms with Crippen LogP contribution in [0.4, 0.5) is 0 Å². The van der Waals surface area contributed by atoms with Crippen molar-refractivity contribution in [2.75, 3.05) is 13.1 Å². The van der Waals surface area contributed by atoms with E-state index < -0.39 is 10.0 Å². The minimum atomic E-state index is -3.57. The summed E-state index contributed by atoms with van der Waals surface area (Å²) in [7, 11) is -3.57. The number of hydrazine groups is 1. The molecule has 0 spiro atoms. The van der Waals surface area contributed by atoms with Gasteiger partial charge in [0.1, 0.15) is 0 Å². The number of carbonyl (C=O) groups is 2. The minimum absolute atomic E-state index is 0.148. The van der Waals surface area contributed by atoms with Crippen LogP contribution in [0.15, 0.2) is 71.6 Å². The fourth-order valence-corrected chi connectivity index (χ4v) is 5.58. The topological polar surface area (TPSA) is 95.6 Å². The maximum absolute atomic E-state index is 12.8. The lowest BCUT2D eigenvalue weighted by Crippen LogP contribution is -2.48. The summed E-state index contributed by atoms with van der Waals surface area (Å²) in [6, 6.07) is 20.4. The summed E-state index contributed by atoms with van der Waals surface area (Å²) < 4.78 is 27.1. The first kappa shape index (κ1) is 22.9. The van der Waals surface area contributed by atoms with Gasteiger partial charge in [0.15, 0.2) is 0 Å². The van der Waals surface area contributed by atoms with E-state index >= 15 is 0 Å². The van der Waals surface area contributed by atoms with Crippen LogP contribution in [0.1, 0.15) is 24.0 Å². The maximum Gasteiger partial charge on any atom is 0.243 e.